The van der Waals surface area contributed by atoms with Crippen LogP contribution in [0.1, 0.15) is 0 Å². The van der Waals surface area contributed by atoms with Crippen LogP contribution in [0, 0.1) is 0 Å². The van der Waals surface area contributed by atoms with Gasteiger partial charge in [0.05, 0.1) is 5.52 Å². The van der Waals surface area contributed by atoms with Gasteiger partial charge in [-0.05, 0) is 98.4 Å². The van der Waals surface area contributed by atoms with Crippen molar-refractivity contribution >= 4 is 71.4 Å². The molecule has 8 aromatic carbocycles. The molecule has 10 aromatic rings. The molecule has 0 N–H and O–H groups in total. The molecule has 0 spiro atoms. The van der Waals surface area contributed by atoms with Crippen LogP contribution in [0.2, 0.25) is 0 Å². The summed E-state index contributed by atoms with van der Waals surface area (Å²) in [7, 11) is 0. The molecule has 0 amide bonds. The van der Waals surface area contributed by atoms with E-state index in [9.17, 15) is 0 Å². The Hall–Kier alpha value is -6.78. The molecule has 0 unspecified atom stereocenters. The molecule has 2 heterocycles. The van der Waals surface area contributed by atoms with Crippen LogP contribution in [-0.4, -0.2) is 9.97 Å². The highest BCUT2D eigenvalue weighted by Gasteiger charge is 2.17. The molecule has 234 valence electrons. The van der Waals surface area contributed by atoms with Crippen molar-refractivity contribution in [2.75, 3.05) is 4.90 Å². The molecule has 0 bridgehead atoms. The van der Waals surface area contributed by atoms with E-state index in [0.29, 0.717) is 0 Å². The SMILES string of the molecule is c1ccc2cc(-c3ccc(N(c4ccc(-c5ccc6ccccc6c5)cc4)c4ccc5c(c4)oc4cc6ncncc6cc45)cc3)ccc2c1. The van der Waals surface area contributed by atoms with Crippen LogP contribution in [0.15, 0.2) is 181 Å². The number of anilines is 3. The number of fused-ring (bicyclic) bond motifs is 6. The maximum Gasteiger partial charge on any atom is 0.137 e. The van der Waals surface area contributed by atoms with Crippen LogP contribution < -0.4 is 4.90 Å². The van der Waals surface area contributed by atoms with Crippen molar-refractivity contribution in [3.8, 4) is 22.3 Å². The molecule has 10 rings (SSSR count). The summed E-state index contributed by atoms with van der Waals surface area (Å²) >= 11 is 0. The summed E-state index contributed by atoms with van der Waals surface area (Å²) in [6, 6.07) is 58.6. The fraction of sp³-hybridized carbons (Fsp3) is 0. The third kappa shape index (κ3) is 4.85. The number of furan rings is 1. The Balaban J connectivity index is 1.08. The Morgan fingerprint density at radius 3 is 1.56 bits per heavy atom. The highest BCUT2D eigenvalue weighted by Crippen LogP contribution is 2.40. The predicted octanol–water partition coefficient (Wildman–Crippen LogP) is 12.6. The minimum Gasteiger partial charge on any atom is -0.456 e. The quantitative estimate of drug-likeness (QED) is 0.188. The smallest absolute Gasteiger partial charge is 0.137 e. The number of hydrogen-bond donors (Lipinski definition) is 0. The van der Waals surface area contributed by atoms with Crippen LogP contribution in [-0.2, 0) is 0 Å². The van der Waals surface area contributed by atoms with E-state index in [0.717, 1.165) is 49.9 Å². The zero-order chi connectivity index (χ0) is 33.0. The van der Waals surface area contributed by atoms with Crippen LogP contribution in [0.4, 0.5) is 17.1 Å². The Morgan fingerprint density at radius 2 is 0.940 bits per heavy atom. The summed E-state index contributed by atoms with van der Waals surface area (Å²) in [5.74, 6) is 0. The van der Waals surface area contributed by atoms with E-state index in [4.69, 9.17) is 4.42 Å². The molecule has 50 heavy (non-hydrogen) atoms. The first kappa shape index (κ1) is 28.3. The van der Waals surface area contributed by atoms with Gasteiger partial charge in [-0.25, -0.2) is 9.97 Å². The zero-order valence-electron chi connectivity index (χ0n) is 27.0. The number of rotatable bonds is 5. The first-order chi connectivity index (χ1) is 24.7. The number of benzene rings is 8. The van der Waals surface area contributed by atoms with Gasteiger partial charge in [0.1, 0.15) is 17.5 Å². The molecule has 0 saturated heterocycles. The van der Waals surface area contributed by atoms with Crippen LogP contribution >= 0.6 is 0 Å². The van der Waals surface area contributed by atoms with Gasteiger partial charge in [-0.15, -0.1) is 0 Å². The average Bonchev–Trinajstić information content (AvgIpc) is 3.53. The molecule has 4 heteroatoms. The Labute approximate surface area is 288 Å². The molecular formula is C46H29N3O. The Kier molecular flexibility index (Phi) is 6.46. The highest BCUT2D eigenvalue weighted by atomic mass is 16.3. The largest absolute Gasteiger partial charge is 0.456 e. The lowest BCUT2D eigenvalue weighted by atomic mass is 10.00. The monoisotopic (exact) mass is 639 g/mol. The lowest BCUT2D eigenvalue weighted by Gasteiger charge is -2.26. The second kappa shape index (κ2) is 11.4. The van der Waals surface area contributed by atoms with E-state index in [1.807, 2.05) is 12.3 Å². The van der Waals surface area contributed by atoms with Crippen molar-refractivity contribution in [1.29, 1.82) is 0 Å². The van der Waals surface area contributed by atoms with E-state index in [1.54, 1.807) is 6.33 Å². The van der Waals surface area contributed by atoms with Crippen molar-refractivity contribution in [1.82, 2.24) is 9.97 Å². The predicted molar refractivity (Wildman–Crippen MR) is 207 cm³/mol. The third-order valence-electron chi connectivity index (χ3n) is 9.76. The molecule has 0 atom stereocenters. The molecule has 2 aromatic heterocycles. The minimum atomic E-state index is 0.814. The second-order valence-electron chi connectivity index (χ2n) is 12.8. The maximum absolute atomic E-state index is 6.46. The summed E-state index contributed by atoms with van der Waals surface area (Å²) < 4.78 is 6.46. The molecule has 4 nitrogen and oxygen atoms in total. The fourth-order valence-corrected chi connectivity index (χ4v) is 7.17. The summed E-state index contributed by atoms with van der Waals surface area (Å²) in [6.07, 6.45) is 3.42. The van der Waals surface area contributed by atoms with E-state index in [1.165, 1.54) is 43.8 Å². The number of hydrogen-bond acceptors (Lipinski definition) is 4. The molecular weight excluding hydrogens is 611 g/mol. The van der Waals surface area contributed by atoms with Gasteiger partial charge in [0, 0.05) is 51.6 Å². The molecule has 0 fully saturated rings. The topological polar surface area (TPSA) is 42.2 Å². The first-order valence-corrected chi connectivity index (χ1v) is 16.8. The zero-order valence-corrected chi connectivity index (χ0v) is 27.0. The van der Waals surface area contributed by atoms with Crippen LogP contribution in [0.3, 0.4) is 0 Å². The van der Waals surface area contributed by atoms with Crippen molar-refractivity contribution in [2.45, 2.75) is 0 Å². The van der Waals surface area contributed by atoms with E-state index < -0.39 is 0 Å². The van der Waals surface area contributed by atoms with Gasteiger partial charge in [0.15, 0.2) is 0 Å². The van der Waals surface area contributed by atoms with Crippen molar-refractivity contribution in [3.63, 3.8) is 0 Å². The standard InChI is InChI=1S/C46H29N3O/c1-3-7-34-23-36(11-9-30(34)5-1)32-13-17-39(18-14-32)49(40-19-15-33(16-20-40)37-12-10-31-6-2-4-8-35(31)24-37)41-21-22-42-43-25-38-28-47-29-48-44(38)27-46(43)50-45(42)26-41/h1-29H. The van der Waals surface area contributed by atoms with Crippen molar-refractivity contribution in [2.24, 2.45) is 0 Å². The number of aromatic nitrogens is 2. The Morgan fingerprint density at radius 1 is 0.400 bits per heavy atom. The van der Waals surface area contributed by atoms with Gasteiger partial charge >= 0.3 is 0 Å². The molecule has 0 aliphatic heterocycles. The van der Waals surface area contributed by atoms with Crippen LogP contribution in [0.25, 0.3) is 76.6 Å². The lowest BCUT2D eigenvalue weighted by Crippen LogP contribution is -2.09. The molecule has 0 aliphatic carbocycles. The van der Waals surface area contributed by atoms with Crippen LogP contribution in [0.5, 0.6) is 0 Å². The van der Waals surface area contributed by atoms with E-state index in [-0.39, 0.29) is 0 Å². The van der Waals surface area contributed by atoms with Gasteiger partial charge in [-0.2, -0.15) is 0 Å². The first-order valence-electron chi connectivity index (χ1n) is 16.8. The average molecular weight is 640 g/mol. The summed E-state index contributed by atoms with van der Waals surface area (Å²) in [6.45, 7) is 0. The minimum absolute atomic E-state index is 0.814. The summed E-state index contributed by atoms with van der Waals surface area (Å²) in [4.78, 5) is 10.9. The van der Waals surface area contributed by atoms with Gasteiger partial charge < -0.3 is 9.32 Å². The summed E-state index contributed by atoms with van der Waals surface area (Å²) in [5.41, 5.74) is 10.4. The van der Waals surface area contributed by atoms with E-state index >= 15 is 0 Å². The molecule has 0 radical (unpaired) electrons. The van der Waals surface area contributed by atoms with Gasteiger partial charge in [-0.3, -0.25) is 0 Å². The lowest BCUT2D eigenvalue weighted by molar-refractivity contribution is 0.669. The second-order valence-corrected chi connectivity index (χ2v) is 12.8. The normalized spacial score (nSPS) is 11.6. The molecule has 0 saturated carbocycles. The fourth-order valence-electron chi connectivity index (χ4n) is 7.17. The maximum atomic E-state index is 6.46. The van der Waals surface area contributed by atoms with Crippen molar-refractivity contribution < 1.29 is 4.42 Å². The highest BCUT2D eigenvalue weighted by molar-refractivity contribution is 6.10. The Bertz CT molecular complexity index is 2750. The van der Waals surface area contributed by atoms with E-state index in [2.05, 4.69) is 173 Å². The summed E-state index contributed by atoms with van der Waals surface area (Å²) in [5, 5.41) is 8.07. The third-order valence-corrected chi connectivity index (χ3v) is 9.76. The number of nitrogens with zero attached hydrogens (tertiary/aromatic N) is 3. The van der Waals surface area contributed by atoms with Gasteiger partial charge in [0.25, 0.3) is 0 Å². The molecule has 0 aliphatic rings. The van der Waals surface area contributed by atoms with Gasteiger partial charge in [0.2, 0.25) is 0 Å². The van der Waals surface area contributed by atoms with Crippen molar-refractivity contribution in [3.05, 3.63) is 176 Å². The van der Waals surface area contributed by atoms with Gasteiger partial charge in [-0.1, -0.05) is 97.1 Å².